The van der Waals surface area contributed by atoms with E-state index in [9.17, 15) is 9.59 Å². The molecule has 0 spiro atoms. The van der Waals surface area contributed by atoms with Gasteiger partial charge in [-0.15, -0.1) is 0 Å². The second kappa shape index (κ2) is 7.91. The van der Waals surface area contributed by atoms with Gasteiger partial charge in [-0.1, -0.05) is 24.3 Å². The van der Waals surface area contributed by atoms with Crippen LogP contribution in [0.25, 0.3) is 0 Å². The molecule has 0 aromatic heterocycles. The summed E-state index contributed by atoms with van der Waals surface area (Å²) < 4.78 is 5.16. The molecule has 1 heterocycles. The molecule has 1 aliphatic rings. The summed E-state index contributed by atoms with van der Waals surface area (Å²) in [4.78, 5) is 25.6. The summed E-state index contributed by atoms with van der Waals surface area (Å²) in [5.41, 5.74) is 2.08. The van der Waals surface area contributed by atoms with Crippen LogP contribution in [0, 0.1) is 0 Å². The highest BCUT2D eigenvalue weighted by atomic mass is 16.5. The molecule has 120 valence electrons. The van der Waals surface area contributed by atoms with Crippen LogP contribution in [0.3, 0.4) is 0 Å². The number of hydrogen-bond acceptors (Lipinski definition) is 4. The monoisotopic (exact) mass is 305 g/mol. The van der Waals surface area contributed by atoms with Crippen LogP contribution in [-0.2, 0) is 27.5 Å². The van der Waals surface area contributed by atoms with Gasteiger partial charge in [-0.3, -0.25) is 9.59 Å². The molecule has 1 aromatic carbocycles. The Balaban J connectivity index is 1.98. The van der Waals surface area contributed by atoms with Crippen molar-refractivity contribution in [3.05, 3.63) is 35.4 Å². The summed E-state index contributed by atoms with van der Waals surface area (Å²) >= 11 is 0. The van der Waals surface area contributed by atoms with Crippen LogP contribution in [0.1, 0.15) is 18.1 Å². The standard InChI is InChI=1S/C16H23N3O3/c1-12(20)19-8-7-17-10-15(19)16(21)18-9-13-5-3-4-6-14(13)11-22-2/h3-6,15,17H,7-11H2,1-2H3,(H,18,21). The van der Waals surface area contributed by atoms with E-state index in [0.717, 1.165) is 17.7 Å². The lowest BCUT2D eigenvalue weighted by Crippen LogP contribution is -2.59. The first-order valence-electron chi connectivity index (χ1n) is 7.45. The average molecular weight is 305 g/mol. The third-order valence-electron chi connectivity index (χ3n) is 3.82. The van der Waals surface area contributed by atoms with E-state index in [2.05, 4.69) is 10.6 Å². The Morgan fingerprint density at radius 2 is 2.09 bits per heavy atom. The number of nitrogens with zero attached hydrogens (tertiary/aromatic N) is 1. The largest absolute Gasteiger partial charge is 0.380 e. The first-order chi connectivity index (χ1) is 10.6. The van der Waals surface area contributed by atoms with E-state index in [1.807, 2.05) is 24.3 Å². The molecule has 1 atom stereocenters. The van der Waals surface area contributed by atoms with Crippen molar-refractivity contribution in [1.82, 2.24) is 15.5 Å². The van der Waals surface area contributed by atoms with Gasteiger partial charge in [0.2, 0.25) is 11.8 Å². The lowest BCUT2D eigenvalue weighted by molar-refractivity contribution is -0.140. The third kappa shape index (κ3) is 4.05. The minimum atomic E-state index is -0.444. The van der Waals surface area contributed by atoms with Gasteiger partial charge in [-0.05, 0) is 11.1 Å². The lowest BCUT2D eigenvalue weighted by atomic mass is 10.1. The predicted octanol–water partition coefficient (Wildman–Crippen LogP) is 0.270. The molecule has 2 N–H and O–H groups in total. The van der Waals surface area contributed by atoms with Gasteiger partial charge in [0, 0.05) is 40.2 Å². The number of methoxy groups -OCH3 is 1. The molecule has 0 saturated carbocycles. The third-order valence-corrected chi connectivity index (χ3v) is 3.82. The second-order valence-electron chi connectivity index (χ2n) is 5.35. The minimum absolute atomic E-state index is 0.0681. The van der Waals surface area contributed by atoms with Crippen LogP contribution < -0.4 is 10.6 Å². The maximum absolute atomic E-state index is 12.4. The fourth-order valence-corrected chi connectivity index (χ4v) is 2.64. The molecule has 1 aliphatic heterocycles. The molecular weight excluding hydrogens is 282 g/mol. The molecule has 22 heavy (non-hydrogen) atoms. The highest BCUT2D eigenvalue weighted by molar-refractivity contribution is 5.87. The number of piperazine rings is 1. The molecule has 0 aliphatic carbocycles. The SMILES string of the molecule is COCc1ccccc1CNC(=O)C1CNCCN1C(C)=O. The molecule has 6 nitrogen and oxygen atoms in total. The van der Waals surface area contributed by atoms with E-state index in [0.29, 0.717) is 26.2 Å². The van der Waals surface area contributed by atoms with Gasteiger partial charge in [0.05, 0.1) is 6.61 Å². The van der Waals surface area contributed by atoms with Crippen molar-refractivity contribution in [2.24, 2.45) is 0 Å². The number of amides is 2. The van der Waals surface area contributed by atoms with Crippen LogP contribution in [0.2, 0.25) is 0 Å². The van der Waals surface area contributed by atoms with Crippen LogP contribution in [0.15, 0.2) is 24.3 Å². The summed E-state index contributed by atoms with van der Waals surface area (Å²) in [5, 5.41) is 6.08. The molecule has 0 bridgehead atoms. The molecule has 1 fully saturated rings. The summed E-state index contributed by atoms with van der Waals surface area (Å²) in [6.07, 6.45) is 0. The van der Waals surface area contributed by atoms with Gasteiger partial charge in [0.25, 0.3) is 0 Å². The lowest BCUT2D eigenvalue weighted by Gasteiger charge is -2.34. The zero-order valence-corrected chi connectivity index (χ0v) is 13.1. The molecule has 1 saturated heterocycles. The number of rotatable bonds is 5. The van der Waals surface area contributed by atoms with E-state index >= 15 is 0 Å². The Bertz CT molecular complexity index is 533. The number of nitrogens with one attached hydrogen (secondary N) is 2. The van der Waals surface area contributed by atoms with Crippen molar-refractivity contribution in [2.75, 3.05) is 26.7 Å². The van der Waals surface area contributed by atoms with Gasteiger partial charge in [0.15, 0.2) is 0 Å². The summed E-state index contributed by atoms with van der Waals surface area (Å²) in [6, 6.07) is 7.39. The highest BCUT2D eigenvalue weighted by Crippen LogP contribution is 2.10. The first-order valence-corrected chi connectivity index (χ1v) is 7.45. The highest BCUT2D eigenvalue weighted by Gasteiger charge is 2.30. The van der Waals surface area contributed by atoms with Crippen LogP contribution >= 0.6 is 0 Å². The van der Waals surface area contributed by atoms with Gasteiger partial charge >= 0.3 is 0 Å². The zero-order valence-electron chi connectivity index (χ0n) is 13.1. The Morgan fingerprint density at radius 1 is 1.36 bits per heavy atom. The van der Waals surface area contributed by atoms with E-state index in [1.54, 1.807) is 12.0 Å². The van der Waals surface area contributed by atoms with E-state index in [4.69, 9.17) is 4.74 Å². The van der Waals surface area contributed by atoms with E-state index in [1.165, 1.54) is 6.92 Å². The number of hydrogen-bond donors (Lipinski definition) is 2. The molecule has 6 heteroatoms. The molecule has 1 aromatic rings. The number of ether oxygens (including phenoxy) is 1. The fraction of sp³-hybridized carbons (Fsp3) is 0.500. The summed E-state index contributed by atoms with van der Waals surface area (Å²) in [7, 11) is 1.65. The van der Waals surface area contributed by atoms with Crippen LogP contribution in [0.4, 0.5) is 0 Å². The summed E-state index contributed by atoms with van der Waals surface area (Å²) in [5.74, 6) is -0.198. The topological polar surface area (TPSA) is 70.7 Å². The van der Waals surface area contributed by atoms with Gasteiger partial charge in [0.1, 0.15) is 6.04 Å². The molecule has 2 amide bonds. The Labute approximate surface area is 130 Å². The summed E-state index contributed by atoms with van der Waals surface area (Å²) in [6.45, 7) is 4.22. The number of carbonyl (C=O) groups excluding carboxylic acids is 2. The van der Waals surface area contributed by atoms with Crippen LogP contribution in [-0.4, -0.2) is 49.5 Å². The molecular formula is C16H23N3O3. The zero-order chi connectivity index (χ0) is 15.9. The van der Waals surface area contributed by atoms with Crippen LogP contribution in [0.5, 0.6) is 0 Å². The number of benzene rings is 1. The van der Waals surface area contributed by atoms with Crippen molar-refractivity contribution in [1.29, 1.82) is 0 Å². The number of carbonyl (C=O) groups is 2. The van der Waals surface area contributed by atoms with E-state index in [-0.39, 0.29) is 11.8 Å². The smallest absolute Gasteiger partial charge is 0.244 e. The van der Waals surface area contributed by atoms with Crippen molar-refractivity contribution < 1.29 is 14.3 Å². The first kappa shape index (κ1) is 16.5. The van der Waals surface area contributed by atoms with Crippen molar-refractivity contribution in [3.63, 3.8) is 0 Å². The second-order valence-corrected chi connectivity index (χ2v) is 5.35. The van der Waals surface area contributed by atoms with Crippen molar-refractivity contribution in [2.45, 2.75) is 26.1 Å². The fourth-order valence-electron chi connectivity index (χ4n) is 2.64. The van der Waals surface area contributed by atoms with Gasteiger partial charge in [-0.2, -0.15) is 0 Å². The van der Waals surface area contributed by atoms with Crippen molar-refractivity contribution in [3.8, 4) is 0 Å². The Hall–Kier alpha value is -1.92. The quantitative estimate of drug-likeness (QED) is 0.819. The molecule has 2 rings (SSSR count). The Kier molecular flexibility index (Phi) is 5.91. The molecule has 1 unspecified atom stereocenters. The Morgan fingerprint density at radius 3 is 2.77 bits per heavy atom. The minimum Gasteiger partial charge on any atom is -0.380 e. The van der Waals surface area contributed by atoms with Crippen molar-refractivity contribution >= 4 is 11.8 Å². The average Bonchev–Trinajstić information content (AvgIpc) is 2.54. The maximum Gasteiger partial charge on any atom is 0.244 e. The predicted molar refractivity (Wildman–Crippen MR) is 83.0 cm³/mol. The van der Waals surface area contributed by atoms with E-state index < -0.39 is 6.04 Å². The maximum atomic E-state index is 12.4. The van der Waals surface area contributed by atoms with Gasteiger partial charge < -0.3 is 20.3 Å². The normalized spacial score (nSPS) is 18.1. The molecule has 0 radical (unpaired) electrons. The van der Waals surface area contributed by atoms with Gasteiger partial charge in [-0.25, -0.2) is 0 Å².